The van der Waals surface area contributed by atoms with Crippen molar-refractivity contribution in [2.75, 3.05) is 26.2 Å². The summed E-state index contributed by atoms with van der Waals surface area (Å²) in [6.07, 6.45) is 3.46. The maximum atomic E-state index is 12.7. The summed E-state index contributed by atoms with van der Waals surface area (Å²) < 4.78 is 0. The van der Waals surface area contributed by atoms with Crippen molar-refractivity contribution in [1.29, 1.82) is 0 Å². The van der Waals surface area contributed by atoms with Gasteiger partial charge in [0.25, 0.3) is 5.91 Å². The fourth-order valence-corrected chi connectivity index (χ4v) is 3.91. The van der Waals surface area contributed by atoms with Crippen LogP contribution in [-0.4, -0.2) is 52.1 Å². The molecule has 1 saturated heterocycles. The van der Waals surface area contributed by atoms with Crippen molar-refractivity contribution in [2.45, 2.75) is 31.7 Å². The number of hydrogen-bond acceptors (Lipinski definition) is 4. The molecule has 2 aliphatic rings. The van der Waals surface area contributed by atoms with Crippen LogP contribution in [0.4, 0.5) is 0 Å². The van der Waals surface area contributed by atoms with Crippen LogP contribution in [0.2, 0.25) is 0 Å². The molecule has 5 nitrogen and oxygen atoms in total. The Hall–Kier alpha value is -1.66. The lowest BCUT2D eigenvalue weighted by molar-refractivity contribution is 0.0755. The van der Waals surface area contributed by atoms with Gasteiger partial charge >= 0.3 is 0 Å². The fourth-order valence-electron chi connectivity index (χ4n) is 3.17. The van der Waals surface area contributed by atoms with E-state index in [0.29, 0.717) is 11.6 Å². The van der Waals surface area contributed by atoms with Gasteiger partial charge in [-0.3, -0.25) is 14.8 Å². The number of aromatic amines is 1. The Morgan fingerprint density at radius 1 is 1.30 bits per heavy atom. The van der Waals surface area contributed by atoms with E-state index in [1.54, 1.807) is 11.3 Å². The average molecular weight is 330 g/mol. The molecular weight excluding hydrogens is 308 g/mol. The summed E-state index contributed by atoms with van der Waals surface area (Å²) in [4.78, 5) is 18.5. The molecule has 0 atom stereocenters. The maximum absolute atomic E-state index is 12.7. The van der Waals surface area contributed by atoms with Gasteiger partial charge in [-0.25, -0.2) is 0 Å². The highest BCUT2D eigenvalue weighted by molar-refractivity contribution is 7.09. The lowest BCUT2D eigenvalue weighted by Crippen LogP contribution is -2.35. The molecule has 0 radical (unpaired) electrons. The van der Waals surface area contributed by atoms with Crippen LogP contribution >= 0.6 is 11.3 Å². The molecule has 1 aliphatic heterocycles. The first-order valence-electron chi connectivity index (χ1n) is 8.39. The van der Waals surface area contributed by atoms with E-state index in [-0.39, 0.29) is 5.91 Å². The molecule has 2 aromatic heterocycles. The van der Waals surface area contributed by atoms with E-state index in [4.69, 9.17) is 0 Å². The number of amides is 1. The van der Waals surface area contributed by atoms with Gasteiger partial charge in [-0.15, -0.1) is 11.3 Å². The van der Waals surface area contributed by atoms with Crippen LogP contribution in [0.5, 0.6) is 0 Å². The number of nitrogens with zero attached hydrogens (tertiary/aromatic N) is 3. The minimum absolute atomic E-state index is 0.0751. The van der Waals surface area contributed by atoms with E-state index in [1.165, 1.54) is 17.7 Å². The van der Waals surface area contributed by atoms with Gasteiger partial charge in [0.2, 0.25) is 0 Å². The van der Waals surface area contributed by atoms with Gasteiger partial charge in [0.05, 0.1) is 0 Å². The second-order valence-corrected chi connectivity index (χ2v) is 7.52. The second kappa shape index (κ2) is 6.45. The summed E-state index contributed by atoms with van der Waals surface area (Å²) in [6.45, 7) is 4.59. The van der Waals surface area contributed by atoms with Gasteiger partial charge in [-0.05, 0) is 36.8 Å². The van der Waals surface area contributed by atoms with Crippen LogP contribution in [0.15, 0.2) is 23.6 Å². The summed E-state index contributed by atoms with van der Waals surface area (Å²) in [7, 11) is 0. The third kappa shape index (κ3) is 3.48. The first kappa shape index (κ1) is 14.9. The van der Waals surface area contributed by atoms with Gasteiger partial charge in [0, 0.05) is 49.2 Å². The van der Waals surface area contributed by atoms with E-state index >= 15 is 0 Å². The van der Waals surface area contributed by atoms with Crippen LogP contribution in [0.25, 0.3) is 0 Å². The minimum atomic E-state index is 0.0751. The number of thiophene rings is 1. The van der Waals surface area contributed by atoms with Crippen LogP contribution in [0.1, 0.15) is 46.2 Å². The van der Waals surface area contributed by atoms with E-state index < -0.39 is 0 Å². The number of aromatic nitrogens is 2. The van der Waals surface area contributed by atoms with Crippen molar-refractivity contribution in [1.82, 2.24) is 20.0 Å². The number of carbonyl (C=O) groups excluding carboxylic acids is 1. The van der Waals surface area contributed by atoms with Gasteiger partial charge in [0.1, 0.15) is 5.69 Å². The number of hydrogen-bond donors (Lipinski definition) is 1. The summed E-state index contributed by atoms with van der Waals surface area (Å²) in [5.74, 6) is 0.681. The first-order valence-corrected chi connectivity index (χ1v) is 9.27. The molecule has 2 fully saturated rings. The second-order valence-electron chi connectivity index (χ2n) is 6.48. The van der Waals surface area contributed by atoms with E-state index in [0.717, 1.165) is 44.8 Å². The lowest BCUT2D eigenvalue weighted by Gasteiger charge is -2.21. The van der Waals surface area contributed by atoms with Crippen LogP contribution in [0, 0.1) is 0 Å². The summed E-state index contributed by atoms with van der Waals surface area (Å²) in [6, 6.07) is 6.23. The highest BCUT2D eigenvalue weighted by atomic mass is 32.1. The molecule has 2 aromatic rings. The van der Waals surface area contributed by atoms with Crippen LogP contribution in [-0.2, 0) is 6.54 Å². The molecule has 1 N–H and O–H groups in total. The molecular formula is C17H22N4OS. The van der Waals surface area contributed by atoms with Crippen molar-refractivity contribution < 1.29 is 4.79 Å². The molecule has 0 aromatic carbocycles. The summed E-state index contributed by atoms with van der Waals surface area (Å²) >= 11 is 1.80. The van der Waals surface area contributed by atoms with Gasteiger partial charge in [0.15, 0.2) is 0 Å². The Labute approximate surface area is 140 Å². The number of carbonyl (C=O) groups is 1. The van der Waals surface area contributed by atoms with E-state index in [9.17, 15) is 4.79 Å². The number of rotatable bonds is 4. The Morgan fingerprint density at radius 2 is 2.22 bits per heavy atom. The zero-order valence-electron chi connectivity index (χ0n) is 13.2. The zero-order chi connectivity index (χ0) is 15.6. The first-order chi connectivity index (χ1) is 11.3. The quantitative estimate of drug-likeness (QED) is 0.938. The van der Waals surface area contributed by atoms with Crippen molar-refractivity contribution >= 4 is 17.2 Å². The molecule has 0 spiro atoms. The van der Waals surface area contributed by atoms with E-state index in [2.05, 4.69) is 32.6 Å². The SMILES string of the molecule is O=C(c1cc(C2CC2)[nH]n1)N1CCCN(Cc2cccs2)CC1. The third-order valence-corrected chi connectivity index (χ3v) is 5.53. The highest BCUT2D eigenvalue weighted by Crippen LogP contribution is 2.39. The number of nitrogens with one attached hydrogen (secondary N) is 1. The molecule has 23 heavy (non-hydrogen) atoms. The molecule has 0 bridgehead atoms. The van der Waals surface area contributed by atoms with Gasteiger partial charge in [-0.2, -0.15) is 5.10 Å². The molecule has 122 valence electrons. The highest BCUT2D eigenvalue weighted by Gasteiger charge is 2.28. The largest absolute Gasteiger partial charge is 0.336 e. The van der Waals surface area contributed by atoms with Crippen LogP contribution < -0.4 is 0 Å². The third-order valence-electron chi connectivity index (χ3n) is 4.67. The molecule has 3 heterocycles. The minimum Gasteiger partial charge on any atom is -0.336 e. The maximum Gasteiger partial charge on any atom is 0.274 e. The predicted molar refractivity (Wildman–Crippen MR) is 90.7 cm³/mol. The molecule has 1 saturated carbocycles. The molecule has 1 amide bonds. The van der Waals surface area contributed by atoms with Crippen molar-refractivity contribution in [3.8, 4) is 0 Å². The normalized spacial score (nSPS) is 19.7. The van der Waals surface area contributed by atoms with Crippen molar-refractivity contribution in [2.24, 2.45) is 0 Å². The Bertz CT molecular complexity index is 662. The average Bonchev–Trinajstić information content (AvgIpc) is 3.15. The van der Waals surface area contributed by atoms with Crippen molar-refractivity contribution in [3.05, 3.63) is 39.8 Å². The molecule has 1 aliphatic carbocycles. The smallest absolute Gasteiger partial charge is 0.274 e. The summed E-state index contributed by atoms with van der Waals surface area (Å²) in [5.41, 5.74) is 1.71. The zero-order valence-corrected chi connectivity index (χ0v) is 14.0. The topological polar surface area (TPSA) is 52.2 Å². The van der Waals surface area contributed by atoms with E-state index in [1.807, 2.05) is 11.0 Å². The molecule has 0 unspecified atom stereocenters. The Kier molecular flexibility index (Phi) is 4.18. The van der Waals surface area contributed by atoms with Gasteiger partial charge in [-0.1, -0.05) is 6.07 Å². The Morgan fingerprint density at radius 3 is 3.00 bits per heavy atom. The monoisotopic (exact) mass is 330 g/mol. The Balaban J connectivity index is 1.36. The van der Waals surface area contributed by atoms with Crippen LogP contribution in [0.3, 0.4) is 0 Å². The standard InChI is InChI=1S/C17H22N4OS/c22-17(16-11-15(18-19-16)13-4-5-13)21-7-2-6-20(8-9-21)12-14-3-1-10-23-14/h1,3,10-11,13H,2,4-9,12H2,(H,18,19). The van der Waals surface area contributed by atoms with Gasteiger partial charge < -0.3 is 4.90 Å². The molecule has 4 rings (SSSR count). The predicted octanol–water partition coefficient (Wildman–Crippen LogP) is 2.70. The fraction of sp³-hybridized carbons (Fsp3) is 0.529. The molecule has 6 heteroatoms. The summed E-state index contributed by atoms with van der Waals surface area (Å²) in [5, 5.41) is 9.39. The number of H-pyrrole nitrogens is 1. The van der Waals surface area contributed by atoms with Crippen molar-refractivity contribution in [3.63, 3.8) is 0 Å². The lowest BCUT2D eigenvalue weighted by atomic mass is 10.2.